The van der Waals surface area contributed by atoms with Crippen molar-refractivity contribution in [2.24, 2.45) is 0 Å². The first-order valence-corrected chi connectivity index (χ1v) is 9.06. The molecule has 26 heavy (non-hydrogen) atoms. The van der Waals surface area contributed by atoms with E-state index in [1.807, 2.05) is 31.2 Å². The summed E-state index contributed by atoms with van der Waals surface area (Å²) in [6.45, 7) is 5.59. The van der Waals surface area contributed by atoms with Gasteiger partial charge in [-0.05, 0) is 47.9 Å². The molecule has 0 fully saturated rings. The van der Waals surface area contributed by atoms with E-state index in [0.29, 0.717) is 37.2 Å². The maximum atomic E-state index is 6.03. The summed E-state index contributed by atoms with van der Waals surface area (Å²) in [5.41, 5.74) is 3.35. The van der Waals surface area contributed by atoms with E-state index in [1.165, 1.54) is 5.56 Å². The Morgan fingerprint density at radius 2 is 1.92 bits per heavy atom. The van der Waals surface area contributed by atoms with Gasteiger partial charge in [-0.2, -0.15) is 5.21 Å². The molecule has 0 radical (unpaired) electrons. The quantitative estimate of drug-likeness (QED) is 0.578. The van der Waals surface area contributed by atoms with Crippen molar-refractivity contribution in [3.05, 3.63) is 57.6 Å². The number of ether oxygens (including phenoxy) is 2. The summed E-state index contributed by atoms with van der Waals surface area (Å²) in [6.07, 6.45) is 0. The maximum absolute atomic E-state index is 6.03. The lowest BCUT2D eigenvalue weighted by atomic mass is 10.1. The lowest BCUT2D eigenvalue weighted by Crippen LogP contribution is -2.05. The molecule has 3 aromatic rings. The Bertz CT molecular complexity index is 855. The molecule has 1 heterocycles. The van der Waals surface area contributed by atoms with Gasteiger partial charge in [-0.3, -0.25) is 0 Å². The Balaban J connectivity index is 1.76. The van der Waals surface area contributed by atoms with Crippen LogP contribution in [0.3, 0.4) is 0 Å². The summed E-state index contributed by atoms with van der Waals surface area (Å²) in [5, 5.41) is 16.8. The molecule has 7 nitrogen and oxygen atoms in total. The molecule has 0 atom stereocenters. The highest BCUT2D eigenvalue weighted by molar-refractivity contribution is 9.10. The minimum atomic E-state index is 0.440. The molecule has 0 aliphatic heterocycles. The van der Waals surface area contributed by atoms with Crippen molar-refractivity contribution >= 4 is 21.9 Å². The molecule has 3 rings (SSSR count). The van der Waals surface area contributed by atoms with Crippen molar-refractivity contribution in [2.75, 3.05) is 11.9 Å². The molecule has 8 heteroatoms. The molecule has 0 unspecified atom stereocenters. The van der Waals surface area contributed by atoms with Gasteiger partial charge in [0.2, 0.25) is 0 Å². The number of halogens is 1. The number of rotatable bonds is 8. The molecule has 1 aromatic heterocycles. The number of nitrogens with one attached hydrogen (secondary N) is 2. The fourth-order valence-electron chi connectivity index (χ4n) is 2.43. The van der Waals surface area contributed by atoms with Crippen LogP contribution in [0.25, 0.3) is 0 Å². The molecule has 0 saturated heterocycles. The Labute approximate surface area is 160 Å². The van der Waals surface area contributed by atoms with Gasteiger partial charge in [-0.25, -0.2) is 0 Å². The van der Waals surface area contributed by atoms with Crippen molar-refractivity contribution in [1.82, 2.24) is 20.6 Å². The highest BCUT2D eigenvalue weighted by Gasteiger charge is 2.12. The number of hydrogen-bond donors (Lipinski definition) is 2. The van der Waals surface area contributed by atoms with Crippen LogP contribution in [0.5, 0.6) is 11.5 Å². The van der Waals surface area contributed by atoms with Crippen LogP contribution in [-0.2, 0) is 13.2 Å². The molecule has 0 bridgehead atoms. The Morgan fingerprint density at radius 1 is 1.12 bits per heavy atom. The predicted molar refractivity (Wildman–Crippen MR) is 102 cm³/mol. The van der Waals surface area contributed by atoms with Crippen LogP contribution in [0.4, 0.5) is 5.95 Å². The van der Waals surface area contributed by atoms with Crippen molar-refractivity contribution in [3.63, 3.8) is 0 Å². The van der Waals surface area contributed by atoms with E-state index in [9.17, 15) is 0 Å². The molecule has 0 spiro atoms. The van der Waals surface area contributed by atoms with Gasteiger partial charge in [0.1, 0.15) is 6.61 Å². The molecular weight excluding hydrogens is 398 g/mol. The Kier molecular flexibility index (Phi) is 6.06. The molecule has 0 amide bonds. The summed E-state index contributed by atoms with van der Waals surface area (Å²) >= 11 is 3.60. The second-order valence-electron chi connectivity index (χ2n) is 5.63. The summed E-state index contributed by atoms with van der Waals surface area (Å²) in [5.74, 6) is 1.84. The summed E-state index contributed by atoms with van der Waals surface area (Å²) < 4.78 is 12.7. The van der Waals surface area contributed by atoms with E-state index in [2.05, 4.69) is 60.9 Å². The third-order valence-corrected chi connectivity index (χ3v) is 4.58. The van der Waals surface area contributed by atoms with Crippen LogP contribution in [-0.4, -0.2) is 27.2 Å². The van der Waals surface area contributed by atoms with Gasteiger partial charge in [0, 0.05) is 11.0 Å². The first kappa shape index (κ1) is 18.2. The van der Waals surface area contributed by atoms with Crippen LogP contribution in [0.15, 0.2) is 40.9 Å². The van der Waals surface area contributed by atoms with Crippen molar-refractivity contribution in [3.8, 4) is 11.5 Å². The highest BCUT2D eigenvalue weighted by Crippen LogP contribution is 2.34. The third kappa shape index (κ3) is 4.51. The van der Waals surface area contributed by atoms with Gasteiger partial charge >= 0.3 is 0 Å². The predicted octanol–water partition coefficient (Wildman–Crippen LogP) is 3.86. The van der Waals surface area contributed by atoms with E-state index in [4.69, 9.17) is 9.47 Å². The van der Waals surface area contributed by atoms with Gasteiger partial charge in [0.05, 0.1) is 6.61 Å². The van der Waals surface area contributed by atoms with Crippen molar-refractivity contribution in [2.45, 2.75) is 27.0 Å². The number of aryl methyl sites for hydroxylation is 1. The zero-order valence-corrected chi connectivity index (χ0v) is 16.2. The van der Waals surface area contributed by atoms with E-state index in [-0.39, 0.29) is 0 Å². The van der Waals surface area contributed by atoms with Crippen molar-refractivity contribution < 1.29 is 9.47 Å². The minimum Gasteiger partial charge on any atom is -0.490 e. The highest BCUT2D eigenvalue weighted by atomic mass is 79.9. The van der Waals surface area contributed by atoms with Gasteiger partial charge in [0.25, 0.3) is 5.95 Å². The van der Waals surface area contributed by atoms with E-state index >= 15 is 0 Å². The zero-order chi connectivity index (χ0) is 18.4. The number of tetrazole rings is 1. The maximum Gasteiger partial charge on any atom is 0.263 e. The Hall–Kier alpha value is -2.61. The first-order valence-electron chi connectivity index (χ1n) is 8.27. The van der Waals surface area contributed by atoms with Crippen LogP contribution in [0.1, 0.15) is 23.6 Å². The topological polar surface area (TPSA) is 85.0 Å². The minimum absolute atomic E-state index is 0.440. The lowest BCUT2D eigenvalue weighted by Gasteiger charge is -2.16. The molecule has 0 saturated carbocycles. The van der Waals surface area contributed by atoms with Gasteiger partial charge in [-0.1, -0.05) is 45.3 Å². The summed E-state index contributed by atoms with van der Waals surface area (Å²) in [7, 11) is 0. The summed E-state index contributed by atoms with van der Waals surface area (Å²) in [4.78, 5) is 0. The average molecular weight is 418 g/mol. The number of H-pyrrole nitrogens is 1. The number of hydrogen-bond acceptors (Lipinski definition) is 6. The average Bonchev–Trinajstić information content (AvgIpc) is 3.15. The van der Waals surface area contributed by atoms with Crippen LogP contribution >= 0.6 is 15.9 Å². The van der Waals surface area contributed by atoms with Gasteiger partial charge in [-0.15, -0.1) is 5.10 Å². The molecular formula is C18H20BrN5O2. The number of aromatic nitrogens is 4. The standard InChI is InChI=1S/C18H20BrN5O2/c1-3-25-16-8-14(10-20-18-21-23-24-22-18)15(19)9-17(16)26-11-13-7-5-4-6-12(13)2/h4-9H,3,10-11H2,1-2H3,(H2,20,21,22,23,24). The normalized spacial score (nSPS) is 10.6. The fraction of sp³-hybridized carbons (Fsp3) is 0.278. The SMILES string of the molecule is CCOc1cc(CNc2nn[nH]n2)c(Br)cc1OCc1ccccc1C. The van der Waals surface area contributed by atoms with Gasteiger partial charge in [0.15, 0.2) is 11.5 Å². The lowest BCUT2D eigenvalue weighted by molar-refractivity contribution is 0.268. The fourth-order valence-corrected chi connectivity index (χ4v) is 2.89. The smallest absolute Gasteiger partial charge is 0.263 e. The van der Waals surface area contributed by atoms with Gasteiger partial charge < -0.3 is 14.8 Å². The summed E-state index contributed by atoms with van der Waals surface area (Å²) in [6, 6.07) is 12.0. The van der Waals surface area contributed by atoms with Crippen LogP contribution in [0.2, 0.25) is 0 Å². The number of benzene rings is 2. The second-order valence-corrected chi connectivity index (χ2v) is 6.48. The third-order valence-electron chi connectivity index (χ3n) is 3.84. The molecule has 2 N–H and O–H groups in total. The number of nitrogens with zero attached hydrogens (tertiary/aromatic N) is 3. The second kappa shape index (κ2) is 8.66. The van der Waals surface area contributed by atoms with Crippen molar-refractivity contribution in [1.29, 1.82) is 0 Å². The van der Waals surface area contributed by atoms with Crippen LogP contribution < -0.4 is 14.8 Å². The Morgan fingerprint density at radius 3 is 2.65 bits per heavy atom. The molecule has 0 aliphatic rings. The molecule has 136 valence electrons. The molecule has 2 aromatic carbocycles. The van der Waals surface area contributed by atoms with E-state index < -0.39 is 0 Å². The molecule has 0 aliphatic carbocycles. The van der Waals surface area contributed by atoms with E-state index in [0.717, 1.165) is 15.6 Å². The van der Waals surface area contributed by atoms with Crippen LogP contribution in [0, 0.1) is 6.92 Å². The number of anilines is 1. The zero-order valence-electron chi connectivity index (χ0n) is 14.6. The largest absolute Gasteiger partial charge is 0.490 e. The number of aromatic amines is 1. The monoisotopic (exact) mass is 417 g/mol. The van der Waals surface area contributed by atoms with E-state index in [1.54, 1.807) is 0 Å². The first-order chi connectivity index (χ1) is 12.7.